The van der Waals surface area contributed by atoms with Crippen LogP contribution in [0.15, 0.2) is 12.5 Å². The fraction of sp³-hybridized carbons (Fsp3) is 0.600. The number of nitrogens with zero attached hydrogens (tertiary/aromatic N) is 2. The summed E-state index contributed by atoms with van der Waals surface area (Å²) in [4.78, 5) is 12.0. The summed E-state index contributed by atoms with van der Waals surface area (Å²) in [5.41, 5.74) is 2.80. The van der Waals surface area contributed by atoms with Gasteiger partial charge in [-0.2, -0.15) is 0 Å². The van der Waals surface area contributed by atoms with E-state index in [1.54, 1.807) is 6.33 Å². The molecule has 1 spiro atoms. The summed E-state index contributed by atoms with van der Waals surface area (Å²) in [6.45, 7) is 4.38. The van der Waals surface area contributed by atoms with Crippen molar-refractivity contribution >= 4 is 16.9 Å². The number of aromatic nitrogens is 3. The zero-order chi connectivity index (χ0) is 13.6. The van der Waals surface area contributed by atoms with Crippen molar-refractivity contribution in [2.45, 2.75) is 38.6 Å². The van der Waals surface area contributed by atoms with Gasteiger partial charge in [0.2, 0.25) is 0 Å². The van der Waals surface area contributed by atoms with Crippen LogP contribution in [0.3, 0.4) is 0 Å². The number of aryl methyl sites for hydroxylation is 1. The van der Waals surface area contributed by atoms with Crippen LogP contribution < -0.4 is 10.6 Å². The molecule has 106 valence electrons. The van der Waals surface area contributed by atoms with Gasteiger partial charge in [-0.05, 0) is 36.7 Å². The standard InChI is InChI=1S/C15H21N5/c1-2-10-6-17-13-12(10)14(19-9-18-13)20-11-5-15(3-4-15)8-16-7-11/h6,9,11,16H,2-5,7-8H2,1H3,(H2,17,18,19,20). The van der Waals surface area contributed by atoms with Gasteiger partial charge >= 0.3 is 0 Å². The number of fused-ring (bicyclic) bond motifs is 1. The first kappa shape index (κ1) is 12.1. The van der Waals surface area contributed by atoms with Gasteiger partial charge in [0.1, 0.15) is 17.8 Å². The molecule has 2 fully saturated rings. The van der Waals surface area contributed by atoms with Crippen LogP contribution in [0.4, 0.5) is 5.82 Å². The molecule has 0 bridgehead atoms. The Balaban J connectivity index is 1.63. The number of piperidine rings is 1. The van der Waals surface area contributed by atoms with Crippen molar-refractivity contribution in [2.75, 3.05) is 18.4 Å². The Hall–Kier alpha value is -1.62. The lowest BCUT2D eigenvalue weighted by Gasteiger charge is -2.31. The smallest absolute Gasteiger partial charge is 0.143 e. The molecule has 5 nitrogen and oxygen atoms in total. The molecule has 1 aliphatic carbocycles. The number of aromatic amines is 1. The predicted octanol–water partition coefficient (Wildman–Crippen LogP) is 2.07. The Kier molecular flexibility index (Phi) is 2.70. The SMILES string of the molecule is CCc1c[nH]c2ncnc(NC3CNCC4(CC4)C3)c12. The first-order valence-electron chi connectivity index (χ1n) is 7.58. The third-order valence-corrected chi connectivity index (χ3v) is 4.80. The summed E-state index contributed by atoms with van der Waals surface area (Å²) in [6.07, 6.45) is 8.70. The van der Waals surface area contributed by atoms with E-state index < -0.39 is 0 Å². The molecule has 1 atom stereocenters. The molecular weight excluding hydrogens is 250 g/mol. The van der Waals surface area contributed by atoms with E-state index in [1.165, 1.54) is 31.4 Å². The molecule has 3 N–H and O–H groups in total. The Bertz CT molecular complexity index is 628. The van der Waals surface area contributed by atoms with Crippen molar-refractivity contribution in [1.82, 2.24) is 20.3 Å². The van der Waals surface area contributed by atoms with E-state index in [0.717, 1.165) is 29.8 Å². The van der Waals surface area contributed by atoms with Crippen LogP contribution in [0, 0.1) is 5.41 Å². The second-order valence-corrected chi connectivity index (χ2v) is 6.29. The van der Waals surface area contributed by atoms with Crippen LogP contribution in [0.5, 0.6) is 0 Å². The van der Waals surface area contributed by atoms with Crippen molar-refractivity contribution in [3.05, 3.63) is 18.1 Å². The molecule has 5 heteroatoms. The van der Waals surface area contributed by atoms with Gasteiger partial charge in [0.15, 0.2) is 0 Å². The molecule has 1 aliphatic heterocycles. The molecule has 1 unspecified atom stereocenters. The lowest BCUT2D eigenvalue weighted by Crippen LogP contribution is -2.44. The maximum Gasteiger partial charge on any atom is 0.143 e. The lowest BCUT2D eigenvalue weighted by molar-refractivity contribution is 0.334. The Morgan fingerprint density at radius 3 is 3.10 bits per heavy atom. The number of rotatable bonds is 3. The summed E-state index contributed by atoms with van der Waals surface area (Å²) in [6, 6.07) is 0.476. The highest BCUT2D eigenvalue weighted by Crippen LogP contribution is 2.50. The second kappa shape index (κ2) is 4.45. The van der Waals surface area contributed by atoms with Gasteiger partial charge in [0, 0.05) is 25.3 Å². The fourth-order valence-electron chi connectivity index (χ4n) is 3.45. The predicted molar refractivity (Wildman–Crippen MR) is 79.8 cm³/mol. The average Bonchev–Trinajstić information content (AvgIpc) is 3.05. The van der Waals surface area contributed by atoms with Crippen molar-refractivity contribution in [1.29, 1.82) is 0 Å². The van der Waals surface area contributed by atoms with Gasteiger partial charge < -0.3 is 15.6 Å². The van der Waals surface area contributed by atoms with E-state index in [-0.39, 0.29) is 0 Å². The van der Waals surface area contributed by atoms with Crippen LogP contribution in [-0.2, 0) is 6.42 Å². The highest BCUT2D eigenvalue weighted by molar-refractivity contribution is 5.90. The van der Waals surface area contributed by atoms with Crippen molar-refractivity contribution < 1.29 is 0 Å². The Labute approximate surface area is 118 Å². The third-order valence-electron chi connectivity index (χ3n) is 4.80. The average molecular weight is 271 g/mol. The van der Waals surface area contributed by atoms with Crippen molar-refractivity contribution in [3.8, 4) is 0 Å². The fourth-order valence-corrected chi connectivity index (χ4v) is 3.45. The monoisotopic (exact) mass is 271 g/mol. The molecule has 20 heavy (non-hydrogen) atoms. The lowest BCUT2D eigenvalue weighted by atomic mass is 9.93. The number of hydrogen-bond acceptors (Lipinski definition) is 4. The maximum absolute atomic E-state index is 4.48. The summed E-state index contributed by atoms with van der Waals surface area (Å²) in [5.74, 6) is 0.984. The number of anilines is 1. The molecule has 2 aliphatic rings. The first-order chi connectivity index (χ1) is 9.80. The number of H-pyrrole nitrogens is 1. The molecule has 2 aromatic rings. The molecule has 2 aromatic heterocycles. The minimum absolute atomic E-state index is 0.476. The molecular formula is C15H21N5. The largest absolute Gasteiger partial charge is 0.365 e. The molecule has 3 heterocycles. The summed E-state index contributed by atoms with van der Waals surface area (Å²) >= 11 is 0. The van der Waals surface area contributed by atoms with Crippen LogP contribution in [-0.4, -0.2) is 34.1 Å². The molecule has 0 amide bonds. The summed E-state index contributed by atoms with van der Waals surface area (Å²) < 4.78 is 0. The van der Waals surface area contributed by atoms with E-state index in [0.29, 0.717) is 11.5 Å². The number of hydrogen-bond donors (Lipinski definition) is 3. The van der Waals surface area contributed by atoms with Crippen molar-refractivity contribution in [3.63, 3.8) is 0 Å². The maximum atomic E-state index is 4.48. The van der Waals surface area contributed by atoms with E-state index in [9.17, 15) is 0 Å². The highest BCUT2D eigenvalue weighted by Gasteiger charge is 2.46. The van der Waals surface area contributed by atoms with Crippen LogP contribution in [0.25, 0.3) is 11.0 Å². The Morgan fingerprint density at radius 1 is 1.40 bits per heavy atom. The van der Waals surface area contributed by atoms with Crippen LogP contribution in [0.2, 0.25) is 0 Å². The van der Waals surface area contributed by atoms with Gasteiger partial charge in [-0.25, -0.2) is 9.97 Å². The van der Waals surface area contributed by atoms with E-state index >= 15 is 0 Å². The quantitative estimate of drug-likeness (QED) is 0.799. The summed E-state index contributed by atoms with van der Waals surface area (Å²) in [7, 11) is 0. The topological polar surface area (TPSA) is 65.6 Å². The highest BCUT2D eigenvalue weighted by atomic mass is 15.1. The molecule has 1 saturated carbocycles. The van der Waals surface area contributed by atoms with Crippen molar-refractivity contribution in [2.24, 2.45) is 5.41 Å². The van der Waals surface area contributed by atoms with Gasteiger partial charge in [0.25, 0.3) is 0 Å². The van der Waals surface area contributed by atoms with E-state index in [2.05, 4.69) is 32.5 Å². The molecule has 1 saturated heterocycles. The zero-order valence-corrected chi connectivity index (χ0v) is 11.9. The second-order valence-electron chi connectivity index (χ2n) is 6.29. The summed E-state index contributed by atoms with van der Waals surface area (Å²) in [5, 5.41) is 8.37. The Morgan fingerprint density at radius 2 is 2.30 bits per heavy atom. The van der Waals surface area contributed by atoms with Gasteiger partial charge in [-0.3, -0.25) is 0 Å². The minimum atomic E-state index is 0.476. The normalized spacial score (nSPS) is 24.1. The van der Waals surface area contributed by atoms with Crippen LogP contribution >= 0.6 is 0 Å². The van der Waals surface area contributed by atoms with E-state index in [4.69, 9.17) is 0 Å². The van der Waals surface area contributed by atoms with Gasteiger partial charge in [0.05, 0.1) is 5.39 Å². The third kappa shape index (κ3) is 1.97. The zero-order valence-electron chi connectivity index (χ0n) is 11.9. The first-order valence-corrected chi connectivity index (χ1v) is 7.58. The number of nitrogens with one attached hydrogen (secondary N) is 3. The van der Waals surface area contributed by atoms with Crippen LogP contribution in [0.1, 0.15) is 31.7 Å². The molecule has 0 aromatic carbocycles. The van der Waals surface area contributed by atoms with Gasteiger partial charge in [-0.15, -0.1) is 0 Å². The van der Waals surface area contributed by atoms with Gasteiger partial charge in [-0.1, -0.05) is 6.92 Å². The molecule has 0 radical (unpaired) electrons. The molecule has 4 rings (SSSR count). The minimum Gasteiger partial charge on any atom is -0.365 e. The van der Waals surface area contributed by atoms with E-state index in [1.807, 2.05) is 6.20 Å².